The van der Waals surface area contributed by atoms with Gasteiger partial charge in [-0.25, -0.2) is 0 Å². The second-order valence-electron chi connectivity index (χ2n) is 7.08. The van der Waals surface area contributed by atoms with Gasteiger partial charge in [-0.2, -0.15) is 8.42 Å². The molecule has 0 spiro atoms. The van der Waals surface area contributed by atoms with Crippen molar-refractivity contribution in [1.82, 2.24) is 0 Å². The van der Waals surface area contributed by atoms with Crippen LogP contribution in [-0.4, -0.2) is 21.4 Å². The second-order valence-corrected chi connectivity index (χ2v) is 7.69. The number of nitrogens with one attached hydrogen (secondary N) is 1. The molecule has 6 nitrogen and oxygen atoms in total. The number of para-hydroxylation sites is 1. The van der Waals surface area contributed by atoms with Gasteiger partial charge in [0, 0.05) is 5.69 Å². The summed E-state index contributed by atoms with van der Waals surface area (Å²) in [5.41, 5.74) is 1.47. The summed E-state index contributed by atoms with van der Waals surface area (Å²) in [4.78, 5) is 13.1. The number of amides is 1. The Kier molecular flexibility index (Phi) is 6.14. The van der Waals surface area contributed by atoms with Crippen molar-refractivity contribution in [3.05, 3.63) is 54.1 Å². The van der Waals surface area contributed by atoms with E-state index >= 15 is 0 Å². The summed E-state index contributed by atoms with van der Waals surface area (Å²) in [6.07, 6.45) is 3.48. The Bertz CT molecular complexity index is 981. The number of benzene rings is 2. The van der Waals surface area contributed by atoms with Crippen molar-refractivity contribution in [2.24, 2.45) is 9.78 Å². The van der Waals surface area contributed by atoms with Crippen molar-refractivity contribution in [2.75, 3.05) is 12.4 Å². The third-order valence-corrected chi connectivity index (χ3v) is 5.66. The van der Waals surface area contributed by atoms with Gasteiger partial charge in [-0.15, -0.1) is 4.36 Å². The molecule has 2 aromatic carbocycles. The maximum Gasteiger partial charge on any atom is 0.316 e. The summed E-state index contributed by atoms with van der Waals surface area (Å²) in [7, 11) is -1.10. The molecular formula is C21H24N2O4S. The molecule has 1 saturated carbocycles. The molecule has 0 radical (unpaired) electrons. The van der Waals surface area contributed by atoms with Gasteiger partial charge in [0.2, 0.25) is 5.91 Å². The zero-order valence-corrected chi connectivity index (χ0v) is 16.8. The Labute approximate surface area is 166 Å². The summed E-state index contributed by atoms with van der Waals surface area (Å²) >= 11 is 0. The van der Waals surface area contributed by atoms with Crippen LogP contribution >= 0.6 is 0 Å². The maximum absolute atomic E-state index is 13.1. The molecular weight excluding hydrogens is 376 g/mol. The molecule has 1 aliphatic rings. The second kappa shape index (κ2) is 8.56. The van der Waals surface area contributed by atoms with E-state index in [2.05, 4.69) is 16.6 Å². The number of rotatable bonds is 8. The van der Waals surface area contributed by atoms with Crippen molar-refractivity contribution >= 4 is 27.8 Å². The first kappa shape index (κ1) is 20.1. The number of carbonyl (C=O) groups excluding carboxylic acids is 1. The predicted octanol–water partition coefficient (Wildman–Crippen LogP) is 4.69. The summed E-state index contributed by atoms with van der Waals surface area (Å²) in [6.45, 7) is 2.11. The summed E-state index contributed by atoms with van der Waals surface area (Å²) in [6, 6.07) is 14.7. The van der Waals surface area contributed by atoms with E-state index in [1.807, 2.05) is 36.4 Å². The number of unbranched alkanes of at least 4 members (excludes halogenated alkanes) is 1. The van der Waals surface area contributed by atoms with Gasteiger partial charge in [0.1, 0.15) is 11.4 Å². The third-order valence-electron chi connectivity index (χ3n) is 5.31. The molecule has 1 fully saturated rings. The summed E-state index contributed by atoms with van der Waals surface area (Å²) < 4.78 is 30.9. The minimum Gasteiger partial charge on any atom is -0.494 e. The van der Waals surface area contributed by atoms with Crippen LogP contribution in [0.2, 0.25) is 0 Å². The highest BCUT2D eigenvalue weighted by Gasteiger charge is 2.59. The SMILES string of the molecule is CCCCC1(C(=O)Nc2ccccc2)CC1c1ccc(OC)c(N=S(=O)=O)c1. The monoisotopic (exact) mass is 400 g/mol. The first-order chi connectivity index (χ1) is 13.5. The molecule has 28 heavy (non-hydrogen) atoms. The quantitative estimate of drug-likeness (QED) is 0.696. The smallest absolute Gasteiger partial charge is 0.316 e. The van der Waals surface area contributed by atoms with Crippen LogP contribution in [0.4, 0.5) is 11.4 Å². The molecule has 0 bridgehead atoms. The van der Waals surface area contributed by atoms with E-state index in [-0.39, 0.29) is 17.5 Å². The Hall–Kier alpha value is -2.67. The average Bonchev–Trinajstić information content (AvgIpc) is 3.42. The summed E-state index contributed by atoms with van der Waals surface area (Å²) in [5, 5.41) is 3.04. The van der Waals surface area contributed by atoms with Gasteiger partial charge in [-0.1, -0.05) is 44.0 Å². The lowest BCUT2D eigenvalue weighted by Crippen LogP contribution is -2.26. The lowest BCUT2D eigenvalue weighted by atomic mass is 9.91. The molecule has 2 aromatic rings. The Morgan fingerprint density at radius 1 is 1.25 bits per heavy atom. The summed E-state index contributed by atoms with van der Waals surface area (Å²) in [5.74, 6) is 0.433. The van der Waals surface area contributed by atoms with Crippen LogP contribution in [0.25, 0.3) is 0 Å². The van der Waals surface area contributed by atoms with E-state index in [0.29, 0.717) is 5.75 Å². The van der Waals surface area contributed by atoms with Crippen LogP contribution in [0.3, 0.4) is 0 Å². The van der Waals surface area contributed by atoms with E-state index < -0.39 is 15.9 Å². The standard InChI is InChI=1S/C21H24N2O4S/c1-3-4-12-21(20(24)22-16-8-6-5-7-9-16)14-17(21)15-10-11-19(27-2)18(13-15)23-28(25)26/h5-11,13,17H,3-4,12,14H2,1-2H3,(H,22,24). The molecule has 148 valence electrons. The zero-order chi connectivity index (χ0) is 20.1. The number of hydrogen-bond donors (Lipinski definition) is 1. The zero-order valence-electron chi connectivity index (χ0n) is 16.0. The van der Waals surface area contributed by atoms with E-state index in [0.717, 1.165) is 36.9 Å². The van der Waals surface area contributed by atoms with Crippen LogP contribution in [0.15, 0.2) is 52.9 Å². The number of carbonyl (C=O) groups is 1. The minimum atomic E-state index is -2.57. The highest BCUT2D eigenvalue weighted by Crippen LogP contribution is 2.63. The Morgan fingerprint density at radius 3 is 2.64 bits per heavy atom. The lowest BCUT2D eigenvalue weighted by Gasteiger charge is -2.18. The number of anilines is 1. The fraction of sp³-hybridized carbons (Fsp3) is 0.381. The van der Waals surface area contributed by atoms with Crippen molar-refractivity contribution in [2.45, 2.75) is 38.5 Å². The average molecular weight is 401 g/mol. The fourth-order valence-corrected chi connectivity index (χ4v) is 4.03. The normalized spacial score (nSPS) is 20.3. The highest BCUT2D eigenvalue weighted by atomic mass is 32.2. The van der Waals surface area contributed by atoms with Crippen LogP contribution in [-0.2, 0) is 15.3 Å². The molecule has 3 rings (SSSR count). The molecule has 7 heteroatoms. The van der Waals surface area contributed by atoms with Gasteiger partial charge in [0.05, 0.1) is 12.5 Å². The molecule has 2 unspecified atom stereocenters. The molecule has 1 N–H and O–H groups in total. The lowest BCUT2D eigenvalue weighted by molar-refractivity contribution is -0.121. The van der Waals surface area contributed by atoms with Gasteiger partial charge < -0.3 is 10.1 Å². The topological polar surface area (TPSA) is 84.8 Å². The maximum atomic E-state index is 13.1. The molecule has 0 heterocycles. The van der Waals surface area contributed by atoms with Gasteiger partial charge >= 0.3 is 10.5 Å². The fourth-order valence-electron chi connectivity index (χ4n) is 3.73. The Balaban J connectivity index is 1.89. The first-order valence-electron chi connectivity index (χ1n) is 9.35. The molecule has 0 saturated heterocycles. The van der Waals surface area contributed by atoms with Crippen molar-refractivity contribution in [3.63, 3.8) is 0 Å². The van der Waals surface area contributed by atoms with E-state index in [1.165, 1.54) is 7.11 Å². The molecule has 1 aliphatic carbocycles. The van der Waals surface area contributed by atoms with Crippen LogP contribution in [0, 0.1) is 5.41 Å². The highest BCUT2D eigenvalue weighted by molar-refractivity contribution is 7.61. The van der Waals surface area contributed by atoms with Crippen LogP contribution in [0.5, 0.6) is 5.75 Å². The van der Waals surface area contributed by atoms with Gasteiger partial charge in [0.15, 0.2) is 0 Å². The largest absolute Gasteiger partial charge is 0.494 e. The predicted molar refractivity (Wildman–Crippen MR) is 108 cm³/mol. The van der Waals surface area contributed by atoms with Crippen molar-refractivity contribution < 1.29 is 17.9 Å². The third kappa shape index (κ3) is 4.25. The van der Waals surface area contributed by atoms with Gasteiger partial charge in [-0.05, 0) is 48.6 Å². The van der Waals surface area contributed by atoms with Crippen LogP contribution < -0.4 is 10.1 Å². The minimum absolute atomic E-state index is 0.0128. The molecule has 0 aliphatic heterocycles. The number of ether oxygens (including phenoxy) is 1. The van der Waals surface area contributed by atoms with Crippen molar-refractivity contribution in [1.29, 1.82) is 0 Å². The van der Waals surface area contributed by atoms with E-state index in [1.54, 1.807) is 12.1 Å². The first-order valence-corrected chi connectivity index (χ1v) is 10.4. The van der Waals surface area contributed by atoms with Crippen LogP contribution in [0.1, 0.15) is 44.1 Å². The molecule has 2 atom stereocenters. The number of methoxy groups -OCH3 is 1. The number of nitrogens with zero attached hydrogens (tertiary/aromatic N) is 1. The Morgan fingerprint density at radius 2 is 2.00 bits per heavy atom. The number of hydrogen-bond acceptors (Lipinski definition) is 5. The van der Waals surface area contributed by atoms with E-state index in [4.69, 9.17) is 4.74 Å². The van der Waals surface area contributed by atoms with Gasteiger partial charge in [0.25, 0.3) is 0 Å². The van der Waals surface area contributed by atoms with E-state index in [9.17, 15) is 13.2 Å². The molecule has 0 aromatic heterocycles. The van der Waals surface area contributed by atoms with Gasteiger partial charge in [-0.3, -0.25) is 4.79 Å². The van der Waals surface area contributed by atoms with Crippen molar-refractivity contribution in [3.8, 4) is 5.75 Å². The molecule has 1 amide bonds.